The van der Waals surface area contributed by atoms with Crippen molar-refractivity contribution in [3.8, 4) is 5.75 Å². The van der Waals surface area contributed by atoms with Gasteiger partial charge in [-0.2, -0.15) is 0 Å². The summed E-state index contributed by atoms with van der Waals surface area (Å²) in [5.74, 6) is -0.194. The van der Waals surface area contributed by atoms with Gasteiger partial charge in [-0.3, -0.25) is 14.4 Å². The van der Waals surface area contributed by atoms with Gasteiger partial charge in [-0.25, -0.2) is 4.39 Å². The first kappa shape index (κ1) is 21.9. The molecule has 2 aliphatic rings. The average Bonchev–Trinajstić information content (AvgIpc) is 2.85. The van der Waals surface area contributed by atoms with Gasteiger partial charge >= 0.3 is 0 Å². The summed E-state index contributed by atoms with van der Waals surface area (Å²) in [6.45, 7) is 1.29. The van der Waals surface area contributed by atoms with Crippen LogP contribution in [-0.4, -0.2) is 41.0 Å². The van der Waals surface area contributed by atoms with Crippen LogP contribution in [0.2, 0.25) is 0 Å². The molecule has 0 unspecified atom stereocenters. The zero-order chi connectivity index (χ0) is 23.7. The number of hydrogen-bond acceptors (Lipinski definition) is 4. The van der Waals surface area contributed by atoms with Crippen LogP contribution in [-0.2, 0) is 11.3 Å². The minimum absolute atomic E-state index is 0.0239. The molecule has 2 aliphatic heterocycles. The molecule has 0 saturated carbocycles. The maximum absolute atomic E-state index is 13.2. The molecule has 1 N–H and O–H groups in total. The first-order chi connectivity index (χ1) is 16.5. The molecule has 1 aromatic heterocycles. The summed E-state index contributed by atoms with van der Waals surface area (Å²) >= 11 is 0. The van der Waals surface area contributed by atoms with Gasteiger partial charge in [-0.15, -0.1) is 0 Å². The SMILES string of the molecule is O=C(COc1ccccc1)Nc1ccc2n(c1=O)C[C@@H]1C[C@@H]2CN(C(=O)c2ccc(F)cc2)C1. The van der Waals surface area contributed by atoms with Gasteiger partial charge in [-0.05, 0) is 60.9 Å². The molecule has 174 valence electrons. The van der Waals surface area contributed by atoms with Crippen LogP contribution in [0.1, 0.15) is 28.4 Å². The number of hydrogen-bond donors (Lipinski definition) is 1. The lowest BCUT2D eigenvalue weighted by Crippen LogP contribution is -2.49. The van der Waals surface area contributed by atoms with Crippen LogP contribution in [0.3, 0.4) is 0 Å². The van der Waals surface area contributed by atoms with Crippen molar-refractivity contribution in [2.75, 3.05) is 25.0 Å². The number of halogens is 1. The van der Waals surface area contributed by atoms with Crippen LogP contribution < -0.4 is 15.6 Å². The van der Waals surface area contributed by atoms with E-state index < -0.39 is 5.91 Å². The van der Waals surface area contributed by atoms with E-state index in [0.717, 1.165) is 12.1 Å². The van der Waals surface area contributed by atoms with Crippen LogP contribution in [0, 0.1) is 11.7 Å². The highest BCUT2D eigenvalue weighted by Crippen LogP contribution is 2.36. The fourth-order valence-corrected chi connectivity index (χ4v) is 4.83. The molecule has 1 saturated heterocycles. The lowest BCUT2D eigenvalue weighted by atomic mass is 9.83. The van der Waals surface area contributed by atoms with Crippen molar-refractivity contribution in [1.82, 2.24) is 9.47 Å². The van der Waals surface area contributed by atoms with Crippen LogP contribution >= 0.6 is 0 Å². The average molecular weight is 461 g/mol. The largest absolute Gasteiger partial charge is 0.484 e. The molecule has 8 heteroatoms. The molecule has 2 bridgehead atoms. The number of fused-ring (bicyclic) bond motifs is 4. The maximum Gasteiger partial charge on any atom is 0.274 e. The number of carbonyl (C=O) groups excluding carboxylic acids is 2. The quantitative estimate of drug-likeness (QED) is 0.633. The smallest absolute Gasteiger partial charge is 0.274 e. The third-order valence-electron chi connectivity index (χ3n) is 6.37. The Morgan fingerprint density at radius 2 is 1.74 bits per heavy atom. The Morgan fingerprint density at radius 3 is 2.50 bits per heavy atom. The van der Waals surface area contributed by atoms with Gasteiger partial charge in [0.25, 0.3) is 17.4 Å². The Kier molecular flexibility index (Phi) is 5.88. The Labute approximate surface area is 195 Å². The Morgan fingerprint density at radius 1 is 0.971 bits per heavy atom. The number of rotatable bonds is 5. The zero-order valence-electron chi connectivity index (χ0n) is 18.4. The van der Waals surface area contributed by atoms with Gasteiger partial charge in [0, 0.05) is 36.8 Å². The third-order valence-corrected chi connectivity index (χ3v) is 6.37. The summed E-state index contributed by atoms with van der Waals surface area (Å²) in [5.41, 5.74) is 1.27. The highest BCUT2D eigenvalue weighted by Gasteiger charge is 2.37. The van der Waals surface area contributed by atoms with Gasteiger partial charge in [-0.1, -0.05) is 18.2 Å². The van der Waals surface area contributed by atoms with E-state index >= 15 is 0 Å². The summed E-state index contributed by atoms with van der Waals surface area (Å²) in [4.78, 5) is 40.2. The Bertz CT molecular complexity index is 1270. The molecular formula is C26H24FN3O4. The van der Waals surface area contributed by atoms with Gasteiger partial charge < -0.3 is 19.5 Å². The minimum atomic E-state index is -0.409. The number of pyridine rings is 1. The molecule has 0 spiro atoms. The van der Waals surface area contributed by atoms with Crippen molar-refractivity contribution in [3.05, 3.63) is 94.2 Å². The monoisotopic (exact) mass is 461 g/mol. The maximum atomic E-state index is 13.2. The molecule has 3 heterocycles. The molecule has 7 nitrogen and oxygen atoms in total. The predicted octanol–water partition coefficient (Wildman–Crippen LogP) is 3.26. The van der Waals surface area contributed by atoms with Gasteiger partial charge in [0.1, 0.15) is 17.3 Å². The number of anilines is 1. The number of nitrogens with zero attached hydrogens (tertiary/aromatic N) is 2. The van der Waals surface area contributed by atoms with Crippen LogP contribution in [0.15, 0.2) is 71.5 Å². The molecule has 2 amide bonds. The fraction of sp³-hybridized carbons (Fsp3) is 0.269. The van der Waals surface area contributed by atoms with Gasteiger partial charge in [0.2, 0.25) is 0 Å². The molecule has 5 rings (SSSR count). The fourth-order valence-electron chi connectivity index (χ4n) is 4.83. The second-order valence-electron chi connectivity index (χ2n) is 8.75. The van der Waals surface area contributed by atoms with Crippen molar-refractivity contribution in [2.45, 2.75) is 18.9 Å². The number of aromatic nitrogens is 1. The number of ether oxygens (including phenoxy) is 1. The molecule has 3 aromatic rings. The zero-order valence-corrected chi connectivity index (χ0v) is 18.4. The van der Waals surface area contributed by atoms with Gasteiger partial charge in [0.15, 0.2) is 6.61 Å². The van der Waals surface area contributed by atoms with Crippen molar-refractivity contribution < 1.29 is 18.7 Å². The number of piperidine rings is 1. The highest BCUT2D eigenvalue weighted by atomic mass is 19.1. The van der Waals surface area contributed by atoms with E-state index in [4.69, 9.17) is 4.74 Å². The predicted molar refractivity (Wildman–Crippen MR) is 124 cm³/mol. The number of likely N-dealkylation sites (tertiary alicyclic amines) is 1. The van der Waals surface area contributed by atoms with Crippen LogP contribution in [0.5, 0.6) is 5.75 Å². The first-order valence-electron chi connectivity index (χ1n) is 11.2. The topological polar surface area (TPSA) is 80.6 Å². The highest BCUT2D eigenvalue weighted by molar-refractivity contribution is 5.94. The lowest BCUT2D eigenvalue weighted by Gasteiger charge is -2.43. The van der Waals surface area contributed by atoms with Gasteiger partial charge in [0.05, 0.1) is 0 Å². The summed E-state index contributed by atoms with van der Waals surface area (Å²) in [6.07, 6.45) is 0.892. The molecular weight excluding hydrogens is 437 g/mol. The Hall–Kier alpha value is -3.94. The summed E-state index contributed by atoms with van der Waals surface area (Å²) in [5, 5.41) is 2.66. The van der Waals surface area contributed by atoms with Crippen molar-refractivity contribution >= 4 is 17.5 Å². The lowest BCUT2D eigenvalue weighted by molar-refractivity contribution is -0.118. The molecule has 34 heavy (non-hydrogen) atoms. The molecule has 0 aliphatic carbocycles. The Balaban J connectivity index is 1.29. The van der Waals surface area contributed by atoms with Crippen molar-refractivity contribution in [1.29, 1.82) is 0 Å². The van der Waals surface area contributed by atoms with E-state index in [2.05, 4.69) is 5.32 Å². The molecule has 2 aromatic carbocycles. The van der Waals surface area contributed by atoms with E-state index in [9.17, 15) is 18.8 Å². The molecule has 2 atom stereocenters. The third kappa shape index (κ3) is 4.44. The normalized spacial score (nSPS) is 18.7. The molecule has 0 radical (unpaired) electrons. The second-order valence-corrected chi connectivity index (χ2v) is 8.75. The number of benzene rings is 2. The number of amides is 2. The van der Waals surface area contributed by atoms with E-state index in [1.54, 1.807) is 27.7 Å². The standard InChI is InChI=1S/C26H24FN3O4/c27-20-8-6-18(7-9-20)25(32)29-13-17-12-19(15-29)23-11-10-22(26(33)30(23)14-17)28-24(31)16-34-21-4-2-1-3-5-21/h1-11,17,19H,12-16H2,(H,28,31)/t17-,19-/m1/s1. The first-order valence-corrected chi connectivity index (χ1v) is 11.2. The molecule has 1 fully saturated rings. The summed E-state index contributed by atoms with van der Waals surface area (Å²) in [6, 6.07) is 18.0. The van der Waals surface area contributed by atoms with Crippen LogP contribution in [0.4, 0.5) is 10.1 Å². The minimum Gasteiger partial charge on any atom is -0.484 e. The van der Waals surface area contributed by atoms with E-state index in [1.807, 2.05) is 24.3 Å². The number of nitrogens with one attached hydrogen (secondary N) is 1. The second kappa shape index (κ2) is 9.13. The van der Waals surface area contributed by atoms with Crippen LogP contribution in [0.25, 0.3) is 0 Å². The van der Waals surface area contributed by atoms with E-state index in [1.165, 1.54) is 24.3 Å². The summed E-state index contributed by atoms with van der Waals surface area (Å²) in [7, 11) is 0. The van der Waals surface area contributed by atoms with E-state index in [-0.39, 0.29) is 41.4 Å². The number of carbonyl (C=O) groups is 2. The van der Waals surface area contributed by atoms with Crippen molar-refractivity contribution in [3.63, 3.8) is 0 Å². The number of para-hydroxylation sites is 1. The van der Waals surface area contributed by atoms with E-state index in [0.29, 0.717) is 30.9 Å². The van der Waals surface area contributed by atoms with Crippen molar-refractivity contribution in [2.24, 2.45) is 5.92 Å². The summed E-state index contributed by atoms with van der Waals surface area (Å²) < 4.78 is 20.4.